The quantitative estimate of drug-likeness (QED) is 0.0200. The van der Waals surface area contributed by atoms with E-state index in [9.17, 15) is 38.4 Å². The number of aliphatic imine (C=N–C) groups is 2. The number of benzene rings is 2. The fourth-order valence-electron chi connectivity index (χ4n) is 8.65. The maximum atomic E-state index is 13.0. The van der Waals surface area contributed by atoms with E-state index in [1.807, 2.05) is 12.1 Å². The topological polar surface area (TPSA) is 328 Å². The summed E-state index contributed by atoms with van der Waals surface area (Å²) in [6, 6.07) is 7.47. The van der Waals surface area contributed by atoms with E-state index in [1.165, 1.54) is 123 Å². The van der Waals surface area contributed by atoms with Crippen molar-refractivity contribution in [3.05, 3.63) is 58.0 Å². The summed E-state index contributed by atoms with van der Waals surface area (Å²) in [5, 5.41) is 18.2. The molecule has 0 saturated heterocycles. The number of fused-ring (bicyclic) bond motifs is 2. The Morgan fingerprint density at radius 1 is 0.506 bits per heavy atom. The number of carbonyl (C=O) groups excluding carboxylic acids is 7. The number of carbonyl (C=O) groups is 8. The van der Waals surface area contributed by atoms with E-state index < -0.39 is 84.3 Å². The lowest BCUT2D eigenvalue weighted by atomic mass is 10.0. The third kappa shape index (κ3) is 26.3. The first-order valence-corrected chi connectivity index (χ1v) is 32.1. The Labute approximate surface area is 536 Å². The number of halogens is 2. The molecule has 4 N–H and O–H groups in total. The molecule has 6 atom stereocenters. The normalized spacial score (nSPS) is 14.5. The molecule has 0 spiro atoms. The molecule has 488 valence electrons. The van der Waals surface area contributed by atoms with Crippen LogP contribution < -0.4 is 16.0 Å². The number of rotatable bonds is 32. The highest BCUT2D eigenvalue weighted by Crippen LogP contribution is 2.31. The van der Waals surface area contributed by atoms with Crippen molar-refractivity contribution in [3.8, 4) is 0 Å². The molecule has 0 saturated carbocycles. The fraction of sp³-hybridized carbons (Fsp3) is 0.581. The van der Waals surface area contributed by atoms with Gasteiger partial charge >= 0.3 is 41.8 Å². The van der Waals surface area contributed by atoms with E-state index in [2.05, 4.69) is 89.4 Å². The number of hydrogen-bond donors (Lipinski definition) is 4. The fourth-order valence-corrected chi connectivity index (χ4v) is 9.72. The second-order valence-corrected chi connectivity index (χ2v) is 22.8. The average molecular weight is 1370 g/mol. The van der Waals surface area contributed by atoms with Crippen molar-refractivity contribution in [2.45, 2.75) is 208 Å². The van der Waals surface area contributed by atoms with Gasteiger partial charge in [0.15, 0.2) is 42.6 Å². The first-order valence-electron chi connectivity index (χ1n) is 30.6. The molecule has 4 aromatic rings. The van der Waals surface area contributed by atoms with Crippen LogP contribution in [0.3, 0.4) is 0 Å². The summed E-state index contributed by atoms with van der Waals surface area (Å²) in [6.07, 6.45) is 18.6. The first kappa shape index (κ1) is 74.0. The molecular weight excluding hydrogens is 1280 g/mol. The molecule has 4 heterocycles. The van der Waals surface area contributed by atoms with Crippen LogP contribution in [-0.2, 0) is 66.8 Å². The lowest BCUT2D eigenvalue weighted by Gasteiger charge is -2.24. The van der Waals surface area contributed by atoms with Crippen molar-refractivity contribution < 1.29 is 71.9 Å². The second-order valence-electron chi connectivity index (χ2n) is 21.2. The van der Waals surface area contributed by atoms with Crippen LogP contribution >= 0.6 is 31.9 Å². The van der Waals surface area contributed by atoms with Gasteiger partial charge in [-0.2, -0.15) is 0 Å². The van der Waals surface area contributed by atoms with Gasteiger partial charge in [0.2, 0.25) is 5.96 Å². The predicted octanol–water partition coefficient (Wildman–Crippen LogP) is 10.5. The number of carboxylic acids is 1. The second kappa shape index (κ2) is 40.3. The Balaban J connectivity index is 0.000000302. The number of aromatic nitrogens is 4. The number of esters is 6. The molecule has 0 fully saturated rings. The molecule has 2 aromatic carbocycles. The van der Waals surface area contributed by atoms with E-state index >= 15 is 0 Å². The van der Waals surface area contributed by atoms with Gasteiger partial charge in [0.1, 0.15) is 11.0 Å². The highest BCUT2D eigenvalue weighted by atomic mass is 79.9. The maximum absolute atomic E-state index is 13.0. The van der Waals surface area contributed by atoms with Gasteiger partial charge < -0.3 is 49.5 Å². The molecule has 0 bridgehead atoms. The third-order valence-corrected chi connectivity index (χ3v) is 15.3. The number of nitrogens with zero attached hydrogens (tertiary/aromatic N) is 7. The molecule has 1 amide bonds. The van der Waals surface area contributed by atoms with E-state index in [4.69, 9.17) is 28.8 Å². The van der Waals surface area contributed by atoms with Crippen LogP contribution in [0.15, 0.2) is 68.0 Å². The molecule has 0 radical (unpaired) electrons. The first-order chi connectivity index (χ1) is 42.6. The van der Waals surface area contributed by atoms with Gasteiger partial charge in [-0.25, -0.2) is 24.0 Å². The molecule has 2 aliphatic heterocycles. The zero-order chi connectivity index (χ0) is 65.3. The molecule has 2 aromatic heterocycles. The zero-order valence-corrected chi connectivity index (χ0v) is 55.4. The van der Waals surface area contributed by atoms with Gasteiger partial charge in [-0.3, -0.25) is 49.2 Å². The lowest BCUT2D eigenvalue weighted by molar-refractivity contribution is -0.181. The van der Waals surface area contributed by atoms with Crippen molar-refractivity contribution in [2.75, 3.05) is 36.8 Å². The predicted molar refractivity (Wildman–Crippen MR) is 341 cm³/mol. The molecule has 27 heteroatoms. The van der Waals surface area contributed by atoms with Gasteiger partial charge in [-0.1, -0.05) is 104 Å². The Hall–Kier alpha value is -7.42. The maximum Gasteiger partial charge on any atom is 0.347 e. The van der Waals surface area contributed by atoms with E-state index in [-0.39, 0.29) is 12.8 Å². The van der Waals surface area contributed by atoms with E-state index in [0.717, 1.165) is 53.1 Å². The van der Waals surface area contributed by atoms with Crippen molar-refractivity contribution in [2.24, 2.45) is 9.98 Å². The molecule has 0 unspecified atom stereocenters. The summed E-state index contributed by atoms with van der Waals surface area (Å²) >= 11 is 7.05. The molecule has 6 rings (SSSR count). The summed E-state index contributed by atoms with van der Waals surface area (Å²) in [4.78, 5) is 123. The molecular formula is C62H86Br2N10O15. The Bertz CT molecular complexity index is 3040. The number of hydrogen-bond acceptors (Lipinski definition) is 23. The summed E-state index contributed by atoms with van der Waals surface area (Å²) in [5.41, 5.74) is 4.62. The Kier molecular flexibility index (Phi) is 33.5. The highest BCUT2D eigenvalue weighted by Gasteiger charge is 2.33. The molecule has 2 aliphatic rings. The van der Waals surface area contributed by atoms with Gasteiger partial charge in [0, 0.05) is 50.7 Å². The number of ether oxygens (including phenoxy) is 6. The van der Waals surface area contributed by atoms with Gasteiger partial charge in [-0.05, 0) is 111 Å². The minimum Gasteiger partial charge on any atom is -0.479 e. The number of anilines is 2. The Morgan fingerprint density at radius 2 is 0.921 bits per heavy atom. The largest absolute Gasteiger partial charge is 0.479 e. The summed E-state index contributed by atoms with van der Waals surface area (Å²) in [6.45, 7) is 14.3. The molecule has 89 heavy (non-hydrogen) atoms. The number of nitrogens with one attached hydrogen (secondary N) is 3. The third-order valence-electron chi connectivity index (χ3n) is 13.7. The van der Waals surface area contributed by atoms with Crippen LogP contribution in [0.4, 0.5) is 11.4 Å². The van der Waals surface area contributed by atoms with Crippen molar-refractivity contribution >= 4 is 125 Å². The number of guanidine groups is 2. The van der Waals surface area contributed by atoms with E-state index in [0.29, 0.717) is 53.1 Å². The summed E-state index contributed by atoms with van der Waals surface area (Å²) in [7, 11) is 0. The summed E-state index contributed by atoms with van der Waals surface area (Å²) in [5.74, 6) is -5.42. The number of unbranched alkanes of at least 4 members (excludes halogenated alkanes) is 14. The smallest absolute Gasteiger partial charge is 0.347 e. The molecule has 25 nitrogen and oxygen atoms in total. The van der Waals surface area contributed by atoms with Crippen LogP contribution in [0.5, 0.6) is 0 Å². The van der Waals surface area contributed by atoms with Crippen molar-refractivity contribution in [1.82, 2.24) is 30.2 Å². The van der Waals surface area contributed by atoms with Crippen LogP contribution in [0.2, 0.25) is 0 Å². The van der Waals surface area contributed by atoms with Gasteiger partial charge in [-0.15, -0.1) is 0 Å². The van der Waals surface area contributed by atoms with Crippen LogP contribution in [0.1, 0.15) is 171 Å². The van der Waals surface area contributed by atoms with Gasteiger partial charge in [0.05, 0.1) is 44.4 Å². The molecule has 0 aliphatic carbocycles. The number of aliphatic carboxylic acids is 1. The standard InChI is InChI=1S/C27H48O8.C24H28BrN5O7.C11H10BrN5/c1-5-6-7-8-9-10-11-12-13-14-15-16-17-18-19-20-24(28)33-22(3)26(31)35-23(4)27(32)34-21(2)25(29)30;1-5-6-18(31)35-14(3)22(33)37-15(4)23(34)36-13(2)21(32)30-12-11-28-24(30)29-16-7-8-17-20(19(16)25)27-10-9-26-17;12-9-7(17-11-15-5-6-16-11)1-2-8-10(9)14-4-3-13-8/h21-23H,5-20H2,1-4H3,(H,29,30);7-10,13-15H,5-6,11-12H2,1-4H3,(H,28,29);1-4H,5-6H2,(H2,15,16,17)/t21-,22+,23-;13-,14-,15-;/m10./s1. The highest BCUT2D eigenvalue weighted by molar-refractivity contribution is 9.11. The van der Waals surface area contributed by atoms with E-state index in [1.54, 1.807) is 43.8 Å². The Morgan fingerprint density at radius 3 is 1.37 bits per heavy atom. The average Bonchev–Trinajstić information content (AvgIpc) is 2.05. The minimum atomic E-state index is -1.35. The number of carboxylic acid groups (broad SMARTS) is 1. The van der Waals surface area contributed by atoms with Crippen LogP contribution in [0, 0.1) is 0 Å². The zero-order valence-electron chi connectivity index (χ0n) is 52.2. The SMILES string of the molecule is Brc1c(NC2=NCCN2)ccc2nccnc12.CCCC(=O)O[C@@H](C)C(=O)O[C@@H](C)C(=O)O[C@@H](C)C(=O)N1CCN=C1Nc1ccc2nccnc2c1Br.CCCCCCCCCCCCCCCCCC(=O)O[C@@H](C)C(=O)O[C@H](C)C(=O)O[C@H](C)C(=O)O. The lowest BCUT2D eigenvalue weighted by Crippen LogP contribution is -2.45. The monoisotopic (exact) mass is 1370 g/mol. The van der Waals surface area contributed by atoms with Crippen LogP contribution in [-0.4, -0.2) is 152 Å². The van der Waals surface area contributed by atoms with Crippen molar-refractivity contribution in [1.29, 1.82) is 0 Å². The summed E-state index contributed by atoms with van der Waals surface area (Å²) < 4.78 is 31.4. The van der Waals surface area contributed by atoms with Crippen LogP contribution in [0.25, 0.3) is 22.1 Å². The number of amides is 1. The van der Waals surface area contributed by atoms with Gasteiger partial charge in [0.25, 0.3) is 5.91 Å². The minimum absolute atomic E-state index is 0.164. The van der Waals surface area contributed by atoms with Crippen molar-refractivity contribution in [3.63, 3.8) is 0 Å².